The lowest BCUT2D eigenvalue weighted by Crippen LogP contribution is -3.15. The van der Waals surface area contributed by atoms with Crippen LogP contribution in [-0.4, -0.2) is 74.1 Å². The minimum absolute atomic E-state index is 0.143. The molecule has 0 radical (unpaired) electrons. The molecule has 2 amide bonds. The minimum Gasteiger partial charge on any atom is -0.497 e. The van der Waals surface area contributed by atoms with Crippen LogP contribution in [0.15, 0.2) is 41.0 Å². The van der Waals surface area contributed by atoms with E-state index in [-0.39, 0.29) is 30.7 Å². The molecule has 0 atom stereocenters. The fourth-order valence-electron chi connectivity index (χ4n) is 3.95. The Bertz CT molecular complexity index is 1150. The number of methoxy groups -OCH3 is 1. The van der Waals surface area contributed by atoms with Crippen LogP contribution in [0.5, 0.6) is 5.75 Å². The van der Waals surface area contributed by atoms with Gasteiger partial charge in [-0.3, -0.25) is 9.59 Å². The summed E-state index contributed by atoms with van der Waals surface area (Å²) in [5.41, 5.74) is 1.25. The van der Waals surface area contributed by atoms with Crippen molar-refractivity contribution in [3.63, 3.8) is 0 Å². The van der Waals surface area contributed by atoms with Gasteiger partial charge in [0.15, 0.2) is 12.3 Å². The highest BCUT2D eigenvalue weighted by Crippen LogP contribution is 2.31. The van der Waals surface area contributed by atoms with Gasteiger partial charge in [-0.2, -0.15) is 0 Å². The van der Waals surface area contributed by atoms with Gasteiger partial charge in [-0.05, 0) is 37.3 Å². The van der Waals surface area contributed by atoms with Gasteiger partial charge in [0.25, 0.3) is 11.8 Å². The number of aromatic nitrogens is 1. The summed E-state index contributed by atoms with van der Waals surface area (Å²) >= 11 is 0. The number of ether oxygens (including phenoxy) is 2. The van der Waals surface area contributed by atoms with Crippen molar-refractivity contribution in [1.29, 1.82) is 0 Å². The van der Waals surface area contributed by atoms with Gasteiger partial charge in [-0.1, -0.05) is 0 Å². The van der Waals surface area contributed by atoms with Crippen molar-refractivity contribution in [3.8, 4) is 5.75 Å². The number of rotatable bonds is 7. The fraction of sp³-hybridized carbons (Fsp3) is 0.348. The number of piperazine rings is 1. The number of esters is 1. The number of H-pyrrole nitrogens is 1. The van der Waals surface area contributed by atoms with Crippen LogP contribution < -0.4 is 15.0 Å². The Morgan fingerprint density at radius 3 is 2.67 bits per heavy atom. The maximum Gasteiger partial charge on any atom is 0.356 e. The molecule has 1 aromatic carbocycles. The van der Waals surface area contributed by atoms with Crippen LogP contribution in [0, 0.1) is 0 Å². The van der Waals surface area contributed by atoms with Crippen LogP contribution in [0.1, 0.15) is 28.0 Å². The van der Waals surface area contributed by atoms with Gasteiger partial charge in [0.2, 0.25) is 0 Å². The molecule has 4 rings (SSSR count). The highest BCUT2D eigenvalue weighted by atomic mass is 16.5. The molecule has 0 bridgehead atoms. The van der Waals surface area contributed by atoms with Crippen molar-refractivity contribution in [3.05, 3.63) is 48.0 Å². The van der Waals surface area contributed by atoms with Gasteiger partial charge in [0.05, 0.1) is 51.8 Å². The summed E-state index contributed by atoms with van der Waals surface area (Å²) < 4.78 is 15.6. The Balaban J connectivity index is 1.44. The lowest BCUT2D eigenvalue weighted by atomic mass is 10.2. The Morgan fingerprint density at radius 2 is 2.00 bits per heavy atom. The molecule has 0 spiro atoms. The van der Waals surface area contributed by atoms with Crippen molar-refractivity contribution >= 4 is 34.4 Å². The standard InChI is InChI=1S/C23H26N4O6/c1-3-32-23(30)21-20(16-13-15(31-2)6-7-17(16)24-21)25-19(28)14-26-8-10-27(11-9-26)22(29)18-5-4-12-33-18/h4-7,12-13,24H,3,8-11,14H2,1-2H3,(H,25,28)/p+1. The van der Waals surface area contributed by atoms with E-state index >= 15 is 0 Å². The molecule has 0 saturated carbocycles. The minimum atomic E-state index is -0.541. The number of nitrogens with one attached hydrogen (secondary N) is 3. The number of hydrogen-bond acceptors (Lipinski definition) is 6. The Labute approximate surface area is 190 Å². The summed E-state index contributed by atoms with van der Waals surface area (Å²) in [5, 5.41) is 3.55. The van der Waals surface area contributed by atoms with Crippen LogP contribution in [0.4, 0.5) is 5.69 Å². The molecule has 33 heavy (non-hydrogen) atoms. The number of amides is 2. The van der Waals surface area contributed by atoms with E-state index in [9.17, 15) is 14.4 Å². The third-order valence-corrected chi connectivity index (χ3v) is 5.65. The third kappa shape index (κ3) is 4.85. The lowest BCUT2D eigenvalue weighted by molar-refractivity contribution is -0.895. The quantitative estimate of drug-likeness (QED) is 0.456. The molecule has 0 unspecified atom stereocenters. The van der Waals surface area contributed by atoms with Crippen molar-refractivity contribution in [1.82, 2.24) is 9.88 Å². The normalized spacial score (nSPS) is 14.3. The second kappa shape index (κ2) is 9.78. The lowest BCUT2D eigenvalue weighted by Gasteiger charge is -2.31. The van der Waals surface area contributed by atoms with Crippen LogP contribution in [-0.2, 0) is 9.53 Å². The number of nitrogens with zero attached hydrogens (tertiary/aromatic N) is 1. The largest absolute Gasteiger partial charge is 0.497 e. The van der Waals surface area contributed by atoms with E-state index < -0.39 is 5.97 Å². The van der Waals surface area contributed by atoms with Crippen molar-refractivity contribution < 1.29 is 33.2 Å². The molecule has 3 aromatic rings. The van der Waals surface area contributed by atoms with Crippen LogP contribution in [0.25, 0.3) is 10.9 Å². The number of carbonyl (C=O) groups excluding carboxylic acids is 3. The molecule has 1 aliphatic heterocycles. The summed E-state index contributed by atoms with van der Waals surface area (Å²) in [6.07, 6.45) is 1.48. The van der Waals surface area contributed by atoms with Gasteiger partial charge >= 0.3 is 5.97 Å². The second-order valence-electron chi connectivity index (χ2n) is 7.75. The molecule has 10 nitrogen and oxygen atoms in total. The fourth-order valence-corrected chi connectivity index (χ4v) is 3.95. The first-order valence-electron chi connectivity index (χ1n) is 10.8. The zero-order valence-corrected chi connectivity index (χ0v) is 18.6. The van der Waals surface area contributed by atoms with Gasteiger partial charge < -0.3 is 34.0 Å². The zero-order valence-electron chi connectivity index (χ0n) is 18.6. The highest BCUT2D eigenvalue weighted by Gasteiger charge is 2.28. The zero-order chi connectivity index (χ0) is 23.4. The predicted octanol–water partition coefficient (Wildman–Crippen LogP) is 0.926. The molecule has 0 aliphatic carbocycles. The molecule has 1 fully saturated rings. The molecule has 10 heteroatoms. The van der Waals surface area contributed by atoms with Crippen molar-refractivity contribution in [2.45, 2.75) is 6.92 Å². The van der Waals surface area contributed by atoms with E-state index in [1.54, 1.807) is 49.3 Å². The first kappa shape index (κ1) is 22.4. The van der Waals surface area contributed by atoms with Crippen LogP contribution in [0.3, 0.4) is 0 Å². The summed E-state index contributed by atoms with van der Waals surface area (Å²) in [6, 6.07) is 8.65. The van der Waals surface area contributed by atoms with E-state index in [0.29, 0.717) is 54.3 Å². The van der Waals surface area contributed by atoms with E-state index in [1.807, 2.05) is 0 Å². The highest BCUT2D eigenvalue weighted by molar-refractivity contribution is 6.11. The van der Waals surface area contributed by atoms with E-state index in [4.69, 9.17) is 13.9 Å². The number of fused-ring (bicyclic) bond motifs is 1. The number of hydrogen-bond donors (Lipinski definition) is 3. The smallest absolute Gasteiger partial charge is 0.356 e. The van der Waals surface area contributed by atoms with Gasteiger partial charge in [-0.25, -0.2) is 4.79 Å². The van der Waals surface area contributed by atoms with E-state index in [1.165, 1.54) is 6.26 Å². The van der Waals surface area contributed by atoms with Crippen LogP contribution >= 0.6 is 0 Å². The molecule has 3 heterocycles. The van der Waals surface area contributed by atoms with Crippen molar-refractivity contribution in [2.24, 2.45) is 0 Å². The SMILES string of the molecule is CCOC(=O)c1[nH]c2ccc(OC)cc2c1NC(=O)C[NH+]1CCN(C(=O)c2ccco2)CC1. The molecule has 2 aromatic heterocycles. The average molecular weight is 455 g/mol. The van der Waals surface area contributed by atoms with Gasteiger partial charge in [0.1, 0.15) is 11.4 Å². The first-order chi connectivity index (χ1) is 16.0. The molecular formula is C23H27N4O6+. The number of benzene rings is 1. The summed E-state index contributed by atoms with van der Waals surface area (Å²) in [7, 11) is 1.55. The molecule has 3 N–H and O–H groups in total. The molecule has 174 valence electrons. The maximum absolute atomic E-state index is 12.9. The van der Waals surface area contributed by atoms with Crippen LogP contribution in [0.2, 0.25) is 0 Å². The summed E-state index contributed by atoms with van der Waals surface area (Å²) in [4.78, 5) is 43.6. The molecule has 1 saturated heterocycles. The topological polar surface area (TPSA) is 118 Å². The van der Waals surface area contributed by atoms with Gasteiger partial charge in [0, 0.05) is 10.9 Å². The van der Waals surface area contributed by atoms with Gasteiger partial charge in [-0.15, -0.1) is 0 Å². The summed E-state index contributed by atoms with van der Waals surface area (Å²) in [5.74, 6) is 0.00796. The monoisotopic (exact) mass is 455 g/mol. The number of anilines is 1. The summed E-state index contributed by atoms with van der Waals surface area (Å²) in [6.45, 7) is 4.47. The average Bonchev–Trinajstić information content (AvgIpc) is 3.48. The Kier molecular flexibility index (Phi) is 6.64. The Hall–Kier alpha value is -3.79. The van der Waals surface area contributed by atoms with E-state index in [0.717, 1.165) is 4.90 Å². The second-order valence-corrected chi connectivity index (χ2v) is 7.75. The molecule has 1 aliphatic rings. The number of quaternary nitrogens is 1. The molecular weight excluding hydrogens is 428 g/mol. The van der Waals surface area contributed by atoms with E-state index in [2.05, 4.69) is 10.3 Å². The Morgan fingerprint density at radius 1 is 1.21 bits per heavy atom. The number of aromatic amines is 1. The predicted molar refractivity (Wildman–Crippen MR) is 120 cm³/mol. The number of carbonyl (C=O) groups is 3. The first-order valence-corrected chi connectivity index (χ1v) is 10.8. The van der Waals surface area contributed by atoms with Crippen molar-refractivity contribution in [2.75, 3.05) is 51.8 Å². The number of furan rings is 1. The third-order valence-electron chi connectivity index (χ3n) is 5.65. The maximum atomic E-state index is 12.9.